The number of carbonyl (C=O) groups is 2. The Balaban J connectivity index is 1.22. The largest absolute Gasteiger partial charge is 0.416 e. The fourth-order valence-corrected chi connectivity index (χ4v) is 4.62. The van der Waals surface area contributed by atoms with Gasteiger partial charge in [0, 0.05) is 25.4 Å². The van der Waals surface area contributed by atoms with Gasteiger partial charge in [-0.1, -0.05) is 66.7 Å². The summed E-state index contributed by atoms with van der Waals surface area (Å²) in [5.74, 6) is -0.975. The fraction of sp³-hybridized carbons (Fsp3) is 0.121. The van der Waals surface area contributed by atoms with Crippen molar-refractivity contribution in [3.05, 3.63) is 131 Å². The lowest BCUT2D eigenvalue weighted by molar-refractivity contribution is -0.138. The Morgan fingerprint density at radius 3 is 1.76 bits per heavy atom. The lowest BCUT2D eigenvalue weighted by Crippen LogP contribution is -2.25. The SMILES string of the molecule is Cn1cc(NC(=O)c2ccccc2-c2ccc(C(F)(F)F)cc2)nc1C(=O)NCc1ccc(-c2ccc(C(F)(F)F)cc2)cc1. The molecule has 45 heavy (non-hydrogen) atoms. The van der Waals surface area contributed by atoms with Crippen molar-refractivity contribution in [1.82, 2.24) is 14.9 Å². The number of benzene rings is 4. The summed E-state index contributed by atoms with van der Waals surface area (Å²) < 4.78 is 78.9. The molecule has 0 radical (unpaired) electrons. The Kier molecular flexibility index (Phi) is 8.49. The maximum Gasteiger partial charge on any atom is 0.416 e. The van der Waals surface area contributed by atoms with Crippen molar-refractivity contribution in [2.45, 2.75) is 18.9 Å². The molecule has 0 saturated carbocycles. The molecule has 0 aliphatic heterocycles. The number of halogens is 6. The van der Waals surface area contributed by atoms with Crippen LogP contribution in [0.3, 0.4) is 0 Å². The van der Waals surface area contributed by atoms with Gasteiger partial charge in [0.1, 0.15) is 0 Å². The average Bonchev–Trinajstić information content (AvgIpc) is 3.39. The summed E-state index contributed by atoms with van der Waals surface area (Å²) in [6.45, 7) is 0.140. The molecule has 2 amide bonds. The van der Waals surface area contributed by atoms with Crippen LogP contribution in [0.4, 0.5) is 32.2 Å². The summed E-state index contributed by atoms with van der Waals surface area (Å²) in [5, 5.41) is 5.38. The van der Waals surface area contributed by atoms with Gasteiger partial charge in [0.05, 0.1) is 11.1 Å². The zero-order valence-corrected chi connectivity index (χ0v) is 23.5. The lowest BCUT2D eigenvalue weighted by Gasteiger charge is -2.11. The van der Waals surface area contributed by atoms with Crippen molar-refractivity contribution in [1.29, 1.82) is 0 Å². The highest BCUT2D eigenvalue weighted by Gasteiger charge is 2.31. The van der Waals surface area contributed by atoms with E-state index in [1.165, 1.54) is 41.1 Å². The van der Waals surface area contributed by atoms with E-state index in [-0.39, 0.29) is 23.8 Å². The summed E-state index contributed by atoms with van der Waals surface area (Å²) in [6.07, 6.45) is -7.45. The highest BCUT2D eigenvalue weighted by Crippen LogP contribution is 2.33. The minimum absolute atomic E-state index is 0.0164. The van der Waals surface area contributed by atoms with Crippen LogP contribution in [0.15, 0.2) is 103 Å². The van der Waals surface area contributed by atoms with Crippen molar-refractivity contribution >= 4 is 17.6 Å². The molecule has 12 heteroatoms. The van der Waals surface area contributed by atoms with E-state index in [4.69, 9.17) is 0 Å². The molecule has 4 aromatic carbocycles. The van der Waals surface area contributed by atoms with E-state index >= 15 is 0 Å². The van der Waals surface area contributed by atoms with Crippen LogP contribution >= 0.6 is 0 Å². The van der Waals surface area contributed by atoms with Crippen molar-refractivity contribution < 1.29 is 35.9 Å². The molecule has 0 unspecified atom stereocenters. The molecule has 0 atom stereocenters. The molecule has 1 heterocycles. The molecule has 5 aromatic rings. The first kappa shape index (κ1) is 31.0. The van der Waals surface area contributed by atoms with Gasteiger partial charge in [-0.2, -0.15) is 26.3 Å². The predicted octanol–water partition coefficient (Wildman–Crippen LogP) is 7.97. The third-order valence-corrected chi connectivity index (χ3v) is 6.97. The predicted molar refractivity (Wildman–Crippen MR) is 156 cm³/mol. The molecule has 0 bridgehead atoms. The number of anilines is 1. The Labute approximate surface area is 253 Å². The zero-order chi connectivity index (χ0) is 32.4. The van der Waals surface area contributed by atoms with E-state index in [1.54, 1.807) is 49.5 Å². The van der Waals surface area contributed by atoms with Crippen LogP contribution in [0.5, 0.6) is 0 Å². The molecule has 230 valence electrons. The Morgan fingerprint density at radius 2 is 1.20 bits per heavy atom. The second-order valence-corrected chi connectivity index (χ2v) is 10.1. The first-order valence-corrected chi connectivity index (χ1v) is 13.5. The van der Waals surface area contributed by atoms with Crippen LogP contribution in [-0.2, 0) is 25.9 Å². The summed E-state index contributed by atoms with van der Waals surface area (Å²) >= 11 is 0. The normalized spacial score (nSPS) is 11.7. The average molecular weight is 623 g/mol. The van der Waals surface area contributed by atoms with Crippen LogP contribution in [0.2, 0.25) is 0 Å². The number of imidazole rings is 1. The summed E-state index contributed by atoms with van der Waals surface area (Å²) in [5.41, 5.74) is 1.57. The lowest BCUT2D eigenvalue weighted by atomic mass is 9.98. The standard InChI is InChI=1S/C33H24F6N4O2/c1-43-19-28(42-30(44)27-5-3-2-4-26(27)23-12-16-25(17-13-23)33(37,38)39)41-29(43)31(45)40-18-20-6-8-21(9-7-20)22-10-14-24(15-11-22)32(34,35)36/h2-17,19H,18H2,1H3,(H,40,45)(H,42,44). The molecular weight excluding hydrogens is 598 g/mol. The number of hydrogen-bond donors (Lipinski definition) is 2. The summed E-state index contributed by atoms with van der Waals surface area (Å²) in [7, 11) is 1.58. The van der Waals surface area contributed by atoms with E-state index in [1.807, 2.05) is 0 Å². The number of rotatable bonds is 7. The van der Waals surface area contributed by atoms with Gasteiger partial charge in [0.25, 0.3) is 11.8 Å². The van der Waals surface area contributed by atoms with Gasteiger partial charge >= 0.3 is 12.4 Å². The van der Waals surface area contributed by atoms with E-state index in [2.05, 4.69) is 15.6 Å². The van der Waals surface area contributed by atoms with Crippen molar-refractivity contribution in [2.75, 3.05) is 5.32 Å². The van der Waals surface area contributed by atoms with Crippen LogP contribution in [0.25, 0.3) is 22.3 Å². The monoisotopic (exact) mass is 622 g/mol. The molecule has 2 N–H and O–H groups in total. The molecule has 0 fully saturated rings. The van der Waals surface area contributed by atoms with Crippen molar-refractivity contribution in [2.24, 2.45) is 7.05 Å². The van der Waals surface area contributed by atoms with E-state index < -0.39 is 35.3 Å². The molecule has 5 rings (SSSR count). The molecule has 0 aliphatic carbocycles. The van der Waals surface area contributed by atoms with E-state index in [9.17, 15) is 35.9 Å². The third-order valence-electron chi connectivity index (χ3n) is 6.97. The minimum atomic E-state index is -4.48. The van der Waals surface area contributed by atoms with Gasteiger partial charge in [-0.05, 0) is 58.1 Å². The number of hydrogen-bond acceptors (Lipinski definition) is 3. The third kappa shape index (κ3) is 7.23. The number of alkyl halides is 6. The second kappa shape index (κ2) is 12.3. The van der Waals surface area contributed by atoms with Gasteiger partial charge < -0.3 is 15.2 Å². The number of carbonyl (C=O) groups excluding carboxylic acids is 2. The highest BCUT2D eigenvalue weighted by molar-refractivity contribution is 6.08. The number of amides is 2. The minimum Gasteiger partial charge on any atom is -0.345 e. The van der Waals surface area contributed by atoms with Gasteiger partial charge in [-0.25, -0.2) is 4.98 Å². The number of nitrogens with zero attached hydrogens (tertiary/aromatic N) is 2. The van der Waals surface area contributed by atoms with Crippen LogP contribution in [0, 0.1) is 0 Å². The van der Waals surface area contributed by atoms with Crippen LogP contribution in [0.1, 0.15) is 37.7 Å². The van der Waals surface area contributed by atoms with Gasteiger partial charge in [0.2, 0.25) is 5.82 Å². The van der Waals surface area contributed by atoms with Crippen molar-refractivity contribution in [3.8, 4) is 22.3 Å². The molecular formula is C33H24F6N4O2. The summed E-state index contributed by atoms with van der Waals surface area (Å²) in [6, 6.07) is 22.7. The first-order valence-electron chi connectivity index (χ1n) is 13.5. The number of nitrogens with one attached hydrogen (secondary N) is 2. The van der Waals surface area contributed by atoms with Crippen LogP contribution < -0.4 is 10.6 Å². The molecule has 0 spiro atoms. The fourth-order valence-electron chi connectivity index (χ4n) is 4.62. The Morgan fingerprint density at radius 1 is 0.689 bits per heavy atom. The Hall–Kier alpha value is -5.39. The van der Waals surface area contributed by atoms with Crippen molar-refractivity contribution in [3.63, 3.8) is 0 Å². The van der Waals surface area contributed by atoms with Crippen LogP contribution in [-0.4, -0.2) is 21.4 Å². The molecule has 0 aliphatic rings. The second-order valence-electron chi connectivity index (χ2n) is 10.1. The van der Waals surface area contributed by atoms with E-state index in [0.29, 0.717) is 22.3 Å². The topological polar surface area (TPSA) is 76.0 Å². The van der Waals surface area contributed by atoms with E-state index in [0.717, 1.165) is 29.8 Å². The zero-order valence-electron chi connectivity index (χ0n) is 23.5. The molecule has 1 aromatic heterocycles. The number of aromatic nitrogens is 2. The van der Waals surface area contributed by atoms with Gasteiger partial charge in [-0.3, -0.25) is 9.59 Å². The molecule has 0 saturated heterocycles. The maximum absolute atomic E-state index is 13.1. The summed E-state index contributed by atoms with van der Waals surface area (Å²) in [4.78, 5) is 30.2. The molecule has 6 nitrogen and oxygen atoms in total. The maximum atomic E-state index is 13.1. The van der Waals surface area contributed by atoms with Gasteiger partial charge in [-0.15, -0.1) is 0 Å². The first-order chi connectivity index (χ1) is 21.3. The Bertz CT molecular complexity index is 1830. The highest BCUT2D eigenvalue weighted by atomic mass is 19.4. The smallest absolute Gasteiger partial charge is 0.345 e. The number of aryl methyl sites for hydroxylation is 1. The quantitative estimate of drug-likeness (QED) is 0.181. The van der Waals surface area contributed by atoms with Gasteiger partial charge in [0.15, 0.2) is 5.82 Å².